The van der Waals surface area contributed by atoms with Crippen molar-refractivity contribution < 1.29 is 4.79 Å². The maximum atomic E-state index is 11.8. The van der Waals surface area contributed by atoms with Gasteiger partial charge < -0.3 is 0 Å². The molecule has 0 bridgehead atoms. The number of hydrogen-bond donors (Lipinski definition) is 0. The molecule has 3 nitrogen and oxygen atoms in total. The van der Waals surface area contributed by atoms with Crippen molar-refractivity contribution in [1.82, 2.24) is 9.80 Å². The number of rotatable bonds is 2. The first-order valence-electron chi connectivity index (χ1n) is 7.35. The van der Waals surface area contributed by atoms with Crippen LogP contribution in [0.5, 0.6) is 0 Å². The Kier molecular flexibility index (Phi) is 3.48. The van der Waals surface area contributed by atoms with Crippen LogP contribution in [0.3, 0.4) is 0 Å². The molecule has 2 saturated heterocycles. The number of piperidine rings is 1. The van der Waals surface area contributed by atoms with E-state index in [4.69, 9.17) is 0 Å². The van der Waals surface area contributed by atoms with Crippen LogP contribution in [0.25, 0.3) is 0 Å². The summed E-state index contributed by atoms with van der Waals surface area (Å²) in [5.41, 5.74) is 0. The molecule has 1 saturated carbocycles. The Morgan fingerprint density at radius 3 is 2.41 bits per heavy atom. The molecule has 0 aromatic rings. The van der Waals surface area contributed by atoms with E-state index in [0.717, 1.165) is 38.4 Å². The van der Waals surface area contributed by atoms with Gasteiger partial charge in [0.2, 0.25) is 0 Å². The van der Waals surface area contributed by atoms with Crippen molar-refractivity contribution in [2.45, 2.75) is 57.0 Å². The van der Waals surface area contributed by atoms with Crippen molar-refractivity contribution >= 4 is 5.78 Å². The van der Waals surface area contributed by atoms with Gasteiger partial charge in [-0.1, -0.05) is 6.42 Å². The van der Waals surface area contributed by atoms with Gasteiger partial charge in [-0.05, 0) is 45.2 Å². The zero-order valence-electron chi connectivity index (χ0n) is 10.7. The molecule has 96 valence electrons. The first-order chi connectivity index (χ1) is 8.34. The molecule has 0 aromatic carbocycles. The van der Waals surface area contributed by atoms with Gasteiger partial charge in [0.15, 0.2) is 0 Å². The van der Waals surface area contributed by atoms with Crippen LogP contribution < -0.4 is 0 Å². The molecule has 0 radical (unpaired) electrons. The van der Waals surface area contributed by atoms with E-state index >= 15 is 0 Å². The van der Waals surface area contributed by atoms with E-state index in [9.17, 15) is 4.79 Å². The predicted molar refractivity (Wildman–Crippen MR) is 68.0 cm³/mol. The molecular formula is C14H24N2O. The summed E-state index contributed by atoms with van der Waals surface area (Å²) in [6.45, 7) is 4.88. The van der Waals surface area contributed by atoms with Crippen LogP contribution in [0, 0.1) is 0 Å². The number of carbonyl (C=O) groups is 1. The highest BCUT2D eigenvalue weighted by molar-refractivity contribution is 5.85. The Labute approximate surface area is 104 Å². The fourth-order valence-corrected chi connectivity index (χ4v) is 3.82. The van der Waals surface area contributed by atoms with E-state index in [0.29, 0.717) is 5.78 Å². The summed E-state index contributed by atoms with van der Waals surface area (Å²) in [5, 5.41) is 0. The van der Waals surface area contributed by atoms with Crippen LogP contribution in [0.2, 0.25) is 0 Å². The predicted octanol–water partition coefficient (Wildman–Crippen LogP) is 1.67. The largest absolute Gasteiger partial charge is 0.299 e. The second-order valence-corrected chi connectivity index (χ2v) is 5.91. The van der Waals surface area contributed by atoms with E-state index in [1.807, 2.05) is 0 Å². The van der Waals surface area contributed by atoms with E-state index in [1.165, 1.54) is 38.8 Å². The van der Waals surface area contributed by atoms with Crippen LogP contribution >= 0.6 is 0 Å². The molecule has 0 spiro atoms. The molecule has 0 aromatic heterocycles. The summed E-state index contributed by atoms with van der Waals surface area (Å²) in [7, 11) is 0. The Hall–Kier alpha value is -0.410. The summed E-state index contributed by atoms with van der Waals surface area (Å²) < 4.78 is 0. The molecule has 3 fully saturated rings. The van der Waals surface area contributed by atoms with Gasteiger partial charge >= 0.3 is 0 Å². The number of Topliss-reactive ketones (excluding diaryl/α,β-unsaturated/α-hetero) is 1. The number of hydrogen-bond acceptors (Lipinski definition) is 3. The lowest BCUT2D eigenvalue weighted by Crippen LogP contribution is -2.43. The van der Waals surface area contributed by atoms with E-state index in [2.05, 4.69) is 9.80 Å². The molecule has 2 heterocycles. The van der Waals surface area contributed by atoms with Crippen molar-refractivity contribution in [3.63, 3.8) is 0 Å². The van der Waals surface area contributed by atoms with E-state index in [1.54, 1.807) is 0 Å². The summed E-state index contributed by atoms with van der Waals surface area (Å²) in [4.78, 5) is 16.9. The number of likely N-dealkylation sites (tertiary alicyclic amines) is 2. The maximum Gasteiger partial charge on any atom is 0.149 e. The lowest BCUT2D eigenvalue weighted by atomic mass is 10.1. The van der Waals surface area contributed by atoms with Gasteiger partial charge in [0, 0.05) is 25.6 Å². The van der Waals surface area contributed by atoms with Crippen molar-refractivity contribution in [2.24, 2.45) is 0 Å². The fourth-order valence-electron chi connectivity index (χ4n) is 3.82. The topological polar surface area (TPSA) is 23.6 Å². The van der Waals surface area contributed by atoms with Gasteiger partial charge in [-0.2, -0.15) is 0 Å². The molecular weight excluding hydrogens is 212 g/mol. The van der Waals surface area contributed by atoms with Crippen LogP contribution in [-0.2, 0) is 4.79 Å². The minimum absolute atomic E-state index is 0.282. The van der Waals surface area contributed by atoms with Crippen LogP contribution in [0.4, 0.5) is 0 Å². The molecule has 3 rings (SSSR count). The maximum absolute atomic E-state index is 11.8. The molecule has 3 aliphatic rings. The highest BCUT2D eigenvalue weighted by Gasteiger charge is 2.36. The molecule has 17 heavy (non-hydrogen) atoms. The normalized spacial score (nSPS) is 36.8. The van der Waals surface area contributed by atoms with Crippen molar-refractivity contribution in [1.29, 1.82) is 0 Å². The van der Waals surface area contributed by atoms with Crippen molar-refractivity contribution in [2.75, 3.05) is 26.2 Å². The minimum atomic E-state index is 0.282. The fraction of sp³-hybridized carbons (Fsp3) is 0.929. The van der Waals surface area contributed by atoms with E-state index in [-0.39, 0.29) is 6.04 Å². The Bertz CT molecular complexity index is 286. The third-order valence-corrected chi connectivity index (χ3v) is 4.82. The molecule has 2 atom stereocenters. The summed E-state index contributed by atoms with van der Waals surface area (Å²) >= 11 is 0. The highest BCUT2D eigenvalue weighted by Crippen LogP contribution is 2.27. The van der Waals surface area contributed by atoms with E-state index < -0.39 is 0 Å². The average Bonchev–Trinajstić information content (AvgIpc) is 2.98. The van der Waals surface area contributed by atoms with Gasteiger partial charge in [0.05, 0.1) is 6.04 Å². The second-order valence-electron chi connectivity index (χ2n) is 5.91. The first-order valence-corrected chi connectivity index (χ1v) is 7.35. The van der Waals surface area contributed by atoms with Gasteiger partial charge in [0.1, 0.15) is 5.78 Å². The molecule has 2 aliphatic heterocycles. The lowest BCUT2D eigenvalue weighted by molar-refractivity contribution is -0.121. The first kappa shape index (κ1) is 11.7. The van der Waals surface area contributed by atoms with Gasteiger partial charge in [0.25, 0.3) is 0 Å². The Balaban J connectivity index is 1.55. The zero-order valence-corrected chi connectivity index (χ0v) is 10.7. The Morgan fingerprint density at radius 1 is 0.882 bits per heavy atom. The number of nitrogens with zero attached hydrogens (tertiary/aromatic N) is 2. The summed E-state index contributed by atoms with van der Waals surface area (Å²) in [5.74, 6) is 0.504. The van der Waals surface area contributed by atoms with Gasteiger partial charge in [-0.3, -0.25) is 14.6 Å². The molecule has 0 N–H and O–H groups in total. The SMILES string of the molecule is O=C1CCCC1N1CCC(N2CCCCC2)C1. The third-order valence-electron chi connectivity index (χ3n) is 4.82. The molecule has 0 amide bonds. The van der Waals surface area contributed by atoms with Crippen LogP contribution in [0.1, 0.15) is 44.9 Å². The van der Waals surface area contributed by atoms with Crippen LogP contribution in [-0.4, -0.2) is 53.8 Å². The second kappa shape index (κ2) is 5.07. The number of ketones is 1. The van der Waals surface area contributed by atoms with Gasteiger partial charge in [-0.25, -0.2) is 0 Å². The molecule has 2 unspecified atom stereocenters. The minimum Gasteiger partial charge on any atom is -0.299 e. The zero-order chi connectivity index (χ0) is 11.7. The standard InChI is InChI=1S/C14H24N2O/c17-14-6-4-5-13(14)16-10-7-12(11-16)15-8-2-1-3-9-15/h12-13H,1-11H2. The molecule has 1 aliphatic carbocycles. The van der Waals surface area contributed by atoms with Crippen molar-refractivity contribution in [3.05, 3.63) is 0 Å². The third kappa shape index (κ3) is 2.41. The van der Waals surface area contributed by atoms with Gasteiger partial charge in [-0.15, -0.1) is 0 Å². The average molecular weight is 236 g/mol. The Morgan fingerprint density at radius 2 is 1.71 bits per heavy atom. The molecule has 3 heteroatoms. The quantitative estimate of drug-likeness (QED) is 0.728. The lowest BCUT2D eigenvalue weighted by Gasteiger charge is -2.32. The summed E-state index contributed by atoms with van der Waals surface area (Å²) in [6, 6.07) is 1.02. The van der Waals surface area contributed by atoms with Crippen LogP contribution in [0.15, 0.2) is 0 Å². The summed E-state index contributed by atoms with van der Waals surface area (Å²) in [6.07, 6.45) is 8.50. The monoisotopic (exact) mass is 236 g/mol. The number of carbonyl (C=O) groups excluding carboxylic acids is 1. The smallest absolute Gasteiger partial charge is 0.149 e. The van der Waals surface area contributed by atoms with Crippen molar-refractivity contribution in [3.8, 4) is 0 Å². The highest BCUT2D eigenvalue weighted by atomic mass is 16.1.